The first-order valence-corrected chi connectivity index (χ1v) is 10.0. The number of benzene rings is 1. The Bertz CT molecular complexity index is 994. The van der Waals surface area contributed by atoms with Crippen LogP contribution in [-0.4, -0.2) is 55.0 Å². The van der Waals surface area contributed by atoms with Crippen molar-refractivity contribution in [3.05, 3.63) is 58.6 Å². The molecule has 1 aliphatic heterocycles. The summed E-state index contributed by atoms with van der Waals surface area (Å²) in [6, 6.07) is 11.4. The smallest absolute Gasteiger partial charge is 0.302 e. The van der Waals surface area contributed by atoms with Crippen molar-refractivity contribution in [3.8, 4) is 5.75 Å². The van der Waals surface area contributed by atoms with Crippen molar-refractivity contribution in [3.63, 3.8) is 0 Å². The van der Waals surface area contributed by atoms with Crippen molar-refractivity contribution in [1.82, 2.24) is 9.88 Å². The van der Waals surface area contributed by atoms with Gasteiger partial charge in [0.15, 0.2) is 5.69 Å². The topological polar surface area (TPSA) is 87.9 Å². The van der Waals surface area contributed by atoms with Gasteiger partial charge >= 0.3 is 6.01 Å². The number of amides is 2. The lowest BCUT2D eigenvalue weighted by Crippen LogP contribution is -2.48. The molecule has 0 radical (unpaired) electrons. The summed E-state index contributed by atoms with van der Waals surface area (Å²) in [5, 5.41) is 4.37. The Morgan fingerprint density at radius 2 is 2.00 bits per heavy atom. The van der Waals surface area contributed by atoms with Crippen LogP contribution in [-0.2, 0) is 0 Å². The maximum Gasteiger partial charge on any atom is 0.302 e. The molecule has 0 bridgehead atoms. The van der Waals surface area contributed by atoms with Crippen LogP contribution in [0.25, 0.3) is 0 Å². The molecule has 1 aliphatic rings. The summed E-state index contributed by atoms with van der Waals surface area (Å²) in [4.78, 5) is 33.4. The van der Waals surface area contributed by atoms with Crippen molar-refractivity contribution in [1.29, 1.82) is 0 Å². The molecule has 150 valence electrons. The van der Waals surface area contributed by atoms with E-state index < -0.39 is 0 Å². The van der Waals surface area contributed by atoms with Crippen LogP contribution in [0.1, 0.15) is 20.2 Å². The molecule has 2 amide bonds. The Labute approximate surface area is 171 Å². The second-order valence-electron chi connectivity index (χ2n) is 6.45. The molecule has 29 heavy (non-hydrogen) atoms. The normalized spacial score (nSPS) is 14.0. The number of piperazine rings is 1. The van der Waals surface area contributed by atoms with Gasteiger partial charge in [-0.1, -0.05) is 12.1 Å². The molecule has 0 spiro atoms. The van der Waals surface area contributed by atoms with Gasteiger partial charge in [-0.3, -0.25) is 14.9 Å². The number of nitrogens with zero attached hydrogens (tertiary/aromatic N) is 3. The molecule has 4 rings (SSSR count). The molecule has 0 saturated carbocycles. The number of rotatable bonds is 5. The molecule has 1 N–H and O–H groups in total. The summed E-state index contributed by atoms with van der Waals surface area (Å²) in [5.74, 6) is 0.282. The lowest BCUT2D eigenvalue weighted by molar-refractivity contribution is 0.0740. The summed E-state index contributed by atoms with van der Waals surface area (Å²) < 4.78 is 10.5. The second kappa shape index (κ2) is 8.36. The van der Waals surface area contributed by atoms with Crippen molar-refractivity contribution in [2.45, 2.75) is 0 Å². The number of methoxy groups -OCH3 is 1. The predicted molar refractivity (Wildman–Crippen MR) is 110 cm³/mol. The Morgan fingerprint density at radius 1 is 1.17 bits per heavy atom. The van der Waals surface area contributed by atoms with E-state index in [9.17, 15) is 9.59 Å². The van der Waals surface area contributed by atoms with Crippen LogP contribution in [0.15, 0.2) is 52.5 Å². The first-order chi connectivity index (χ1) is 14.1. The van der Waals surface area contributed by atoms with Crippen LogP contribution in [0, 0.1) is 0 Å². The second-order valence-corrected chi connectivity index (χ2v) is 7.40. The summed E-state index contributed by atoms with van der Waals surface area (Å²) >= 11 is 1.32. The van der Waals surface area contributed by atoms with Gasteiger partial charge in [-0.25, -0.2) is 0 Å². The van der Waals surface area contributed by atoms with E-state index >= 15 is 0 Å². The zero-order valence-corrected chi connectivity index (χ0v) is 16.6. The average molecular weight is 412 g/mol. The number of aromatic nitrogens is 1. The average Bonchev–Trinajstić information content (AvgIpc) is 3.46. The van der Waals surface area contributed by atoms with Crippen molar-refractivity contribution in [2.24, 2.45) is 0 Å². The van der Waals surface area contributed by atoms with E-state index in [1.807, 2.05) is 29.6 Å². The number of ether oxygens (including phenoxy) is 1. The van der Waals surface area contributed by atoms with Crippen LogP contribution in [0.2, 0.25) is 0 Å². The largest absolute Gasteiger partial charge is 0.497 e. The fourth-order valence-corrected chi connectivity index (χ4v) is 3.75. The van der Waals surface area contributed by atoms with Gasteiger partial charge in [0.05, 0.1) is 12.0 Å². The van der Waals surface area contributed by atoms with E-state index in [-0.39, 0.29) is 23.5 Å². The van der Waals surface area contributed by atoms with E-state index in [0.29, 0.717) is 31.1 Å². The molecular weight excluding hydrogens is 392 g/mol. The zero-order chi connectivity index (χ0) is 20.2. The van der Waals surface area contributed by atoms with E-state index in [4.69, 9.17) is 9.15 Å². The molecule has 0 aliphatic carbocycles. The van der Waals surface area contributed by atoms with Crippen LogP contribution >= 0.6 is 11.3 Å². The molecule has 0 atom stereocenters. The zero-order valence-electron chi connectivity index (χ0n) is 15.8. The maximum atomic E-state index is 12.7. The number of nitrogens with one attached hydrogen (secondary N) is 1. The van der Waals surface area contributed by atoms with E-state index in [1.54, 1.807) is 24.1 Å². The SMILES string of the molecule is COc1cccc(N2CCN(C(=O)c3coc(NC(=O)c4cccs4)n3)CC2)c1. The van der Waals surface area contributed by atoms with Gasteiger partial charge in [-0.2, -0.15) is 4.98 Å². The Hall–Kier alpha value is -3.33. The standard InChI is InChI=1S/C20H20N4O4S/c1-27-15-5-2-4-14(12-15)23-7-9-24(10-8-23)19(26)16-13-28-20(21-16)22-18(25)17-6-3-11-29-17/h2-6,11-13H,7-10H2,1H3,(H,21,22,25). The maximum absolute atomic E-state index is 12.7. The van der Waals surface area contributed by atoms with Crippen molar-refractivity contribution in [2.75, 3.05) is 43.5 Å². The molecule has 2 aromatic heterocycles. The highest BCUT2D eigenvalue weighted by atomic mass is 32.1. The van der Waals surface area contributed by atoms with Gasteiger partial charge in [0, 0.05) is 37.9 Å². The highest BCUT2D eigenvalue weighted by Gasteiger charge is 2.25. The summed E-state index contributed by atoms with van der Waals surface area (Å²) in [7, 11) is 1.64. The molecule has 3 aromatic rings. The molecule has 1 fully saturated rings. The van der Waals surface area contributed by atoms with Crippen LogP contribution < -0.4 is 15.0 Å². The molecule has 9 heteroatoms. The van der Waals surface area contributed by atoms with E-state index in [2.05, 4.69) is 15.2 Å². The molecule has 8 nitrogen and oxygen atoms in total. The third-order valence-electron chi connectivity index (χ3n) is 4.67. The van der Waals surface area contributed by atoms with Gasteiger partial charge in [0.1, 0.15) is 12.0 Å². The number of oxazole rings is 1. The minimum absolute atomic E-state index is 0.0155. The quantitative estimate of drug-likeness (QED) is 0.693. The molecule has 3 heterocycles. The number of thiophene rings is 1. The Balaban J connectivity index is 1.35. The van der Waals surface area contributed by atoms with E-state index in [1.165, 1.54) is 17.6 Å². The molecule has 1 saturated heterocycles. The Morgan fingerprint density at radius 3 is 2.72 bits per heavy atom. The van der Waals surface area contributed by atoms with Gasteiger partial charge < -0.3 is 19.0 Å². The number of anilines is 2. The van der Waals surface area contributed by atoms with E-state index in [0.717, 1.165) is 11.4 Å². The predicted octanol–water partition coefficient (Wildman–Crippen LogP) is 2.96. The lowest BCUT2D eigenvalue weighted by Gasteiger charge is -2.35. The number of hydrogen-bond donors (Lipinski definition) is 1. The first kappa shape index (κ1) is 19.0. The number of carbonyl (C=O) groups excluding carboxylic acids is 2. The Kier molecular flexibility index (Phi) is 5.48. The summed E-state index contributed by atoms with van der Waals surface area (Å²) in [5.41, 5.74) is 1.25. The monoisotopic (exact) mass is 412 g/mol. The highest BCUT2D eigenvalue weighted by Crippen LogP contribution is 2.22. The number of hydrogen-bond acceptors (Lipinski definition) is 7. The van der Waals surface area contributed by atoms with Crippen LogP contribution in [0.3, 0.4) is 0 Å². The van der Waals surface area contributed by atoms with Crippen LogP contribution in [0.4, 0.5) is 11.7 Å². The van der Waals surface area contributed by atoms with Gasteiger partial charge in [-0.15, -0.1) is 11.3 Å². The summed E-state index contributed by atoms with van der Waals surface area (Å²) in [6.07, 6.45) is 1.28. The minimum Gasteiger partial charge on any atom is -0.497 e. The number of carbonyl (C=O) groups is 2. The molecular formula is C20H20N4O4S. The third kappa shape index (κ3) is 4.24. The highest BCUT2D eigenvalue weighted by molar-refractivity contribution is 7.12. The minimum atomic E-state index is -0.312. The lowest BCUT2D eigenvalue weighted by atomic mass is 10.2. The fourth-order valence-electron chi connectivity index (χ4n) is 3.13. The first-order valence-electron chi connectivity index (χ1n) is 9.12. The van der Waals surface area contributed by atoms with Crippen molar-refractivity contribution < 1.29 is 18.7 Å². The summed E-state index contributed by atoms with van der Waals surface area (Å²) in [6.45, 7) is 2.55. The molecule has 0 unspecified atom stereocenters. The fraction of sp³-hybridized carbons (Fsp3) is 0.250. The van der Waals surface area contributed by atoms with Gasteiger partial charge in [0.25, 0.3) is 11.8 Å². The van der Waals surface area contributed by atoms with Crippen LogP contribution in [0.5, 0.6) is 5.75 Å². The third-order valence-corrected chi connectivity index (χ3v) is 5.54. The van der Waals surface area contributed by atoms with Crippen molar-refractivity contribution >= 4 is 34.9 Å². The van der Waals surface area contributed by atoms with Gasteiger partial charge in [0.2, 0.25) is 0 Å². The van der Waals surface area contributed by atoms with Gasteiger partial charge in [-0.05, 0) is 23.6 Å². The molecule has 1 aromatic carbocycles.